The average Bonchev–Trinajstić information content (AvgIpc) is 3.31. The maximum absolute atomic E-state index is 14.5. The van der Waals surface area contributed by atoms with E-state index in [0.717, 1.165) is 11.1 Å². The maximum Gasteiger partial charge on any atom is 0.246 e. The van der Waals surface area contributed by atoms with Crippen molar-refractivity contribution < 1.29 is 19.2 Å². The minimum atomic E-state index is -1.04. The summed E-state index contributed by atoms with van der Waals surface area (Å²) < 4.78 is 0. The maximum atomic E-state index is 14.5. The summed E-state index contributed by atoms with van der Waals surface area (Å²) in [4.78, 5) is 55.9. The van der Waals surface area contributed by atoms with Crippen LogP contribution in [0.2, 0.25) is 0 Å². The van der Waals surface area contributed by atoms with Gasteiger partial charge in [0.1, 0.15) is 12.1 Å². The lowest BCUT2D eigenvalue weighted by Gasteiger charge is -2.41. The number of primary amides is 1. The fourth-order valence-corrected chi connectivity index (χ4v) is 8.25. The van der Waals surface area contributed by atoms with Crippen molar-refractivity contribution in [2.75, 3.05) is 13.1 Å². The standard InChI is InChI=1S/C35H43N5O4/c1-33(2,3)27(39-31(43)26(21-12-8-6-9-13-21)22-14-10-7-11-15-22)32(44)40-20-25-34(4,5)35(25,28(40)29(37)41)24(19-36)18-23-16-17-38-30(23)42/h6-15,23-28H,16-18,20H2,1-5H3,(H2,37,41)(H,38,42)(H,39,43)/t23-,24-,25?,27-,28?,35?/m1/s1. The minimum absolute atomic E-state index is 0.0832. The Morgan fingerprint density at radius 3 is 2.09 bits per heavy atom. The summed E-state index contributed by atoms with van der Waals surface area (Å²) in [7, 11) is 0. The third-order valence-corrected chi connectivity index (χ3v) is 10.5. The summed E-state index contributed by atoms with van der Waals surface area (Å²) in [5, 5.41) is 16.3. The van der Waals surface area contributed by atoms with Crippen molar-refractivity contribution in [1.82, 2.24) is 15.5 Å². The van der Waals surface area contributed by atoms with Crippen molar-refractivity contribution >= 4 is 23.6 Å². The first kappa shape index (κ1) is 31.2. The third-order valence-electron chi connectivity index (χ3n) is 10.5. The SMILES string of the molecule is CC(C)(C)[C@H](NC(=O)C(c1ccccc1)c1ccccc1)C(=O)N1CC2C(C)(C)C2([C@@H](C#N)C[C@H]2CCNC2=O)C1C(N)=O. The van der Waals surface area contributed by atoms with Crippen LogP contribution in [0.15, 0.2) is 60.7 Å². The number of nitrogens with two attached hydrogens (primary N) is 1. The fourth-order valence-electron chi connectivity index (χ4n) is 8.25. The molecule has 0 spiro atoms. The number of carbonyl (C=O) groups excluding carboxylic acids is 4. The Kier molecular flexibility index (Phi) is 8.08. The van der Waals surface area contributed by atoms with E-state index in [1.165, 1.54) is 4.90 Å². The van der Waals surface area contributed by atoms with Crippen molar-refractivity contribution in [2.45, 2.75) is 65.5 Å². The number of benzene rings is 2. The molecule has 1 aliphatic carbocycles. The topological polar surface area (TPSA) is 145 Å². The summed E-state index contributed by atoms with van der Waals surface area (Å²) in [6.45, 7) is 10.5. The van der Waals surface area contributed by atoms with E-state index in [4.69, 9.17) is 5.73 Å². The first-order chi connectivity index (χ1) is 20.8. The van der Waals surface area contributed by atoms with Crippen LogP contribution in [0.25, 0.3) is 0 Å². The van der Waals surface area contributed by atoms with Gasteiger partial charge in [-0.25, -0.2) is 0 Å². The van der Waals surface area contributed by atoms with E-state index < -0.39 is 52.0 Å². The van der Waals surface area contributed by atoms with Crippen LogP contribution in [0, 0.1) is 45.3 Å². The molecule has 0 bridgehead atoms. The molecule has 5 rings (SSSR count). The van der Waals surface area contributed by atoms with Gasteiger partial charge < -0.3 is 21.3 Å². The van der Waals surface area contributed by atoms with Gasteiger partial charge in [0, 0.05) is 24.4 Å². The number of nitriles is 1. The molecule has 3 fully saturated rings. The first-order valence-electron chi connectivity index (χ1n) is 15.4. The number of piperidine rings is 1. The van der Waals surface area contributed by atoms with Gasteiger partial charge in [0.05, 0.1) is 17.9 Å². The molecule has 232 valence electrons. The Morgan fingerprint density at radius 2 is 1.64 bits per heavy atom. The highest BCUT2D eigenvalue weighted by Crippen LogP contribution is 2.78. The molecule has 2 aliphatic heterocycles. The summed E-state index contributed by atoms with van der Waals surface area (Å²) in [5.74, 6) is -3.25. The fraction of sp³-hybridized carbons (Fsp3) is 0.514. The van der Waals surface area contributed by atoms with E-state index >= 15 is 0 Å². The van der Waals surface area contributed by atoms with Crippen LogP contribution in [-0.4, -0.2) is 53.7 Å². The molecule has 44 heavy (non-hydrogen) atoms. The monoisotopic (exact) mass is 597 g/mol. The molecule has 4 amide bonds. The molecule has 2 aromatic carbocycles. The molecular formula is C35H43N5O4. The lowest BCUT2D eigenvalue weighted by molar-refractivity contribution is -0.146. The minimum Gasteiger partial charge on any atom is -0.368 e. The third kappa shape index (κ3) is 5.04. The highest BCUT2D eigenvalue weighted by Gasteiger charge is 2.83. The normalized spacial score (nSPS) is 26.7. The predicted molar refractivity (Wildman–Crippen MR) is 165 cm³/mol. The highest BCUT2D eigenvalue weighted by atomic mass is 16.2. The smallest absolute Gasteiger partial charge is 0.246 e. The van der Waals surface area contributed by atoms with Crippen molar-refractivity contribution in [2.24, 2.45) is 39.7 Å². The van der Waals surface area contributed by atoms with E-state index in [-0.39, 0.29) is 30.2 Å². The van der Waals surface area contributed by atoms with E-state index in [2.05, 4.69) is 16.7 Å². The zero-order valence-electron chi connectivity index (χ0n) is 26.2. The molecule has 3 aliphatic rings. The first-order valence-corrected chi connectivity index (χ1v) is 15.4. The number of amides is 4. The van der Waals surface area contributed by atoms with Gasteiger partial charge in [0.25, 0.3) is 0 Å². The largest absolute Gasteiger partial charge is 0.368 e. The molecule has 3 unspecified atom stereocenters. The Hall–Kier alpha value is -4.19. The van der Waals surface area contributed by atoms with E-state index in [0.29, 0.717) is 19.4 Å². The lowest BCUT2D eigenvalue weighted by Crippen LogP contribution is -2.61. The Labute approximate surface area is 259 Å². The van der Waals surface area contributed by atoms with Gasteiger partial charge in [0.15, 0.2) is 0 Å². The van der Waals surface area contributed by atoms with Crippen LogP contribution in [0.3, 0.4) is 0 Å². The zero-order chi connectivity index (χ0) is 32.0. The highest BCUT2D eigenvalue weighted by molar-refractivity contribution is 5.96. The van der Waals surface area contributed by atoms with Crippen LogP contribution >= 0.6 is 0 Å². The number of carbonyl (C=O) groups is 4. The molecule has 2 heterocycles. The number of hydrogen-bond donors (Lipinski definition) is 3. The van der Waals surface area contributed by atoms with Gasteiger partial charge in [-0.1, -0.05) is 95.3 Å². The quantitative estimate of drug-likeness (QED) is 0.406. The number of likely N-dealkylation sites (tertiary alicyclic amines) is 1. The van der Waals surface area contributed by atoms with Crippen LogP contribution < -0.4 is 16.4 Å². The summed E-state index contributed by atoms with van der Waals surface area (Å²) in [6.07, 6.45) is 0.938. The van der Waals surface area contributed by atoms with Crippen LogP contribution in [0.4, 0.5) is 0 Å². The number of nitrogens with one attached hydrogen (secondary N) is 2. The van der Waals surface area contributed by atoms with Crippen molar-refractivity contribution in [3.05, 3.63) is 71.8 Å². The second kappa shape index (κ2) is 11.4. The molecule has 9 heteroatoms. The molecule has 0 aromatic heterocycles. The number of rotatable bonds is 9. The van der Waals surface area contributed by atoms with E-state index in [1.807, 2.05) is 95.3 Å². The van der Waals surface area contributed by atoms with Crippen LogP contribution in [0.1, 0.15) is 64.5 Å². The lowest BCUT2D eigenvalue weighted by atomic mass is 9.73. The number of fused-ring (bicyclic) bond motifs is 1. The van der Waals surface area contributed by atoms with Gasteiger partial charge in [-0.15, -0.1) is 0 Å². The second-order valence-corrected chi connectivity index (χ2v) is 14.3. The molecular weight excluding hydrogens is 554 g/mol. The Balaban J connectivity index is 1.47. The summed E-state index contributed by atoms with van der Waals surface area (Å²) in [6, 6.07) is 19.3. The summed E-state index contributed by atoms with van der Waals surface area (Å²) >= 11 is 0. The number of hydrogen-bond acceptors (Lipinski definition) is 5. The second-order valence-electron chi connectivity index (χ2n) is 14.3. The van der Waals surface area contributed by atoms with Crippen LogP contribution in [0.5, 0.6) is 0 Å². The molecule has 2 saturated heterocycles. The zero-order valence-corrected chi connectivity index (χ0v) is 26.2. The molecule has 1 saturated carbocycles. The van der Waals surface area contributed by atoms with Gasteiger partial charge in [0.2, 0.25) is 23.6 Å². The molecule has 0 radical (unpaired) electrons. The van der Waals surface area contributed by atoms with Crippen LogP contribution in [-0.2, 0) is 19.2 Å². The summed E-state index contributed by atoms with van der Waals surface area (Å²) in [5.41, 5.74) is 5.64. The van der Waals surface area contributed by atoms with Crippen molar-refractivity contribution in [3.63, 3.8) is 0 Å². The Bertz CT molecular complexity index is 1440. The van der Waals surface area contributed by atoms with Crippen molar-refractivity contribution in [3.8, 4) is 6.07 Å². The average molecular weight is 598 g/mol. The van der Waals surface area contributed by atoms with Crippen molar-refractivity contribution in [1.29, 1.82) is 5.26 Å². The van der Waals surface area contributed by atoms with Gasteiger partial charge in [-0.3, -0.25) is 19.2 Å². The van der Waals surface area contributed by atoms with E-state index in [9.17, 15) is 24.4 Å². The van der Waals surface area contributed by atoms with Gasteiger partial charge >= 0.3 is 0 Å². The predicted octanol–water partition coefficient (Wildman–Crippen LogP) is 3.35. The van der Waals surface area contributed by atoms with Gasteiger partial charge in [-0.2, -0.15) is 5.26 Å². The molecule has 2 aromatic rings. The number of nitrogens with zero attached hydrogens (tertiary/aromatic N) is 2. The molecule has 6 atom stereocenters. The Morgan fingerprint density at radius 1 is 1.07 bits per heavy atom. The van der Waals surface area contributed by atoms with E-state index in [1.54, 1.807) is 0 Å². The van der Waals surface area contributed by atoms with Gasteiger partial charge in [-0.05, 0) is 40.7 Å². The molecule has 9 nitrogen and oxygen atoms in total. The molecule has 4 N–H and O–H groups in total.